The summed E-state index contributed by atoms with van der Waals surface area (Å²) in [6.45, 7) is 2.72. The third kappa shape index (κ3) is 3.57. The van der Waals surface area contributed by atoms with Crippen LogP contribution in [-0.2, 0) is 10.0 Å². The predicted octanol–water partition coefficient (Wildman–Crippen LogP) is 2.80. The molecule has 0 bridgehead atoms. The molecule has 1 aromatic carbocycles. The van der Waals surface area contributed by atoms with Crippen molar-refractivity contribution in [3.63, 3.8) is 0 Å². The SMILES string of the molecule is CCN(CC1CCC1)S(=O)(=O)c1ccc(I)c(C(=O)O)c1. The zero-order valence-corrected chi connectivity index (χ0v) is 14.7. The van der Waals surface area contributed by atoms with Gasteiger partial charge in [-0.15, -0.1) is 0 Å². The molecule has 116 valence electrons. The van der Waals surface area contributed by atoms with Crippen LogP contribution in [0.1, 0.15) is 36.5 Å². The summed E-state index contributed by atoms with van der Waals surface area (Å²) in [5.41, 5.74) is 0.0244. The van der Waals surface area contributed by atoms with Gasteiger partial charge < -0.3 is 5.11 Å². The molecule has 0 amide bonds. The van der Waals surface area contributed by atoms with Crippen LogP contribution in [0.2, 0.25) is 0 Å². The van der Waals surface area contributed by atoms with Crippen molar-refractivity contribution in [1.82, 2.24) is 4.31 Å². The van der Waals surface area contributed by atoms with Crippen LogP contribution >= 0.6 is 22.6 Å². The average Bonchev–Trinajstić information content (AvgIpc) is 2.37. The summed E-state index contributed by atoms with van der Waals surface area (Å²) >= 11 is 1.89. The number of hydrogen-bond donors (Lipinski definition) is 1. The van der Waals surface area contributed by atoms with Crippen LogP contribution in [0, 0.1) is 9.49 Å². The van der Waals surface area contributed by atoms with E-state index in [9.17, 15) is 13.2 Å². The Morgan fingerprint density at radius 1 is 1.43 bits per heavy atom. The average molecular weight is 423 g/mol. The maximum Gasteiger partial charge on any atom is 0.336 e. The van der Waals surface area contributed by atoms with Gasteiger partial charge in [0, 0.05) is 16.7 Å². The molecular weight excluding hydrogens is 405 g/mol. The molecule has 0 saturated heterocycles. The van der Waals surface area contributed by atoms with E-state index in [0.29, 0.717) is 22.6 Å². The number of aromatic carboxylic acids is 1. The number of nitrogens with zero attached hydrogens (tertiary/aromatic N) is 1. The quantitative estimate of drug-likeness (QED) is 0.715. The summed E-state index contributed by atoms with van der Waals surface area (Å²) in [5, 5.41) is 9.13. The number of carboxylic acid groups (broad SMARTS) is 1. The number of carboxylic acids is 1. The largest absolute Gasteiger partial charge is 0.478 e. The second-order valence-corrected chi connectivity index (χ2v) is 8.30. The molecule has 0 radical (unpaired) electrons. The van der Waals surface area contributed by atoms with Crippen molar-refractivity contribution >= 4 is 38.6 Å². The first-order valence-electron chi connectivity index (χ1n) is 6.89. The molecule has 0 spiro atoms. The van der Waals surface area contributed by atoms with Gasteiger partial charge >= 0.3 is 5.97 Å². The van der Waals surface area contributed by atoms with E-state index in [-0.39, 0.29) is 10.5 Å². The van der Waals surface area contributed by atoms with Crippen LogP contribution < -0.4 is 0 Å². The molecule has 5 nitrogen and oxygen atoms in total. The van der Waals surface area contributed by atoms with E-state index in [0.717, 1.165) is 19.3 Å². The molecule has 0 atom stereocenters. The van der Waals surface area contributed by atoms with Gasteiger partial charge in [0.2, 0.25) is 10.0 Å². The molecule has 2 rings (SSSR count). The first-order valence-corrected chi connectivity index (χ1v) is 9.41. The van der Waals surface area contributed by atoms with Gasteiger partial charge in [-0.05, 0) is 59.5 Å². The van der Waals surface area contributed by atoms with Gasteiger partial charge in [-0.1, -0.05) is 13.3 Å². The fourth-order valence-corrected chi connectivity index (χ4v) is 4.46. The third-order valence-electron chi connectivity index (χ3n) is 3.85. The van der Waals surface area contributed by atoms with Gasteiger partial charge in [0.05, 0.1) is 10.5 Å². The number of rotatable bonds is 6. The molecule has 0 heterocycles. The van der Waals surface area contributed by atoms with Crippen molar-refractivity contribution in [3.05, 3.63) is 27.3 Å². The molecule has 1 saturated carbocycles. The molecule has 1 aliphatic carbocycles. The Bertz CT molecular complexity index is 640. The van der Waals surface area contributed by atoms with E-state index in [4.69, 9.17) is 5.11 Å². The first kappa shape index (κ1) is 16.7. The highest BCUT2D eigenvalue weighted by atomic mass is 127. The van der Waals surface area contributed by atoms with Crippen molar-refractivity contribution in [2.45, 2.75) is 31.1 Å². The molecular formula is C14H18INO4S. The van der Waals surface area contributed by atoms with Crippen LogP contribution in [0.25, 0.3) is 0 Å². The van der Waals surface area contributed by atoms with Crippen molar-refractivity contribution < 1.29 is 18.3 Å². The molecule has 0 unspecified atom stereocenters. The molecule has 0 aromatic heterocycles. The zero-order valence-electron chi connectivity index (χ0n) is 11.8. The van der Waals surface area contributed by atoms with Gasteiger partial charge in [-0.3, -0.25) is 0 Å². The maximum absolute atomic E-state index is 12.7. The highest BCUT2D eigenvalue weighted by Crippen LogP contribution is 2.29. The van der Waals surface area contributed by atoms with E-state index < -0.39 is 16.0 Å². The lowest BCUT2D eigenvalue weighted by molar-refractivity contribution is 0.0695. The normalized spacial score (nSPS) is 16.0. The number of benzene rings is 1. The summed E-state index contributed by atoms with van der Waals surface area (Å²) in [6, 6.07) is 4.27. The Balaban J connectivity index is 2.32. The summed E-state index contributed by atoms with van der Waals surface area (Å²) in [6.07, 6.45) is 3.30. The van der Waals surface area contributed by atoms with E-state index in [1.165, 1.54) is 22.5 Å². The summed E-state index contributed by atoms with van der Waals surface area (Å²) in [4.78, 5) is 11.2. The van der Waals surface area contributed by atoms with E-state index >= 15 is 0 Å². The minimum atomic E-state index is -3.63. The first-order chi connectivity index (χ1) is 9.86. The monoisotopic (exact) mass is 423 g/mol. The topological polar surface area (TPSA) is 74.7 Å². The highest BCUT2D eigenvalue weighted by Gasteiger charge is 2.29. The lowest BCUT2D eigenvalue weighted by Crippen LogP contribution is -2.37. The van der Waals surface area contributed by atoms with Crippen LogP contribution in [0.15, 0.2) is 23.1 Å². The minimum absolute atomic E-state index is 0.0244. The fraction of sp³-hybridized carbons (Fsp3) is 0.500. The standard InChI is InChI=1S/C14H18INO4S/c1-2-16(9-10-4-3-5-10)21(19,20)11-6-7-13(15)12(8-11)14(17)18/h6-8,10H,2-5,9H2,1H3,(H,17,18). The molecule has 1 N–H and O–H groups in total. The van der Waals surface area contributed by atoms with Crippen molar-refractivity contribution in [2.24, 2.45) is 5.92 Å². The molecule has 7 heteroatoms. The van der Waals surface area contributed by atoms with Crippen molar-refractivity contribution in [1.29, 1.82) is 0 Å². The highest BCUT2D eigenvalue weighted by molar-refractivity contribution is 14.1. The van der Waals surface area contributed by atoms with E-state index in [1.54, 1.807) is 6.92 Å². The second-order valence-electron chi connectivity index (χ2n) is 5.20. The zero-order chi connectivity index (χ0) is 15.6. The molecule has 1 aromatic rings. The Kier molecular flexibility index (Phi) is 5.26. The van der Waals surface area contributed by atoms with Crippen molar-refractivity contribution in [3.8, 4) is 0 Å². The Hall–Kier alpha value is -0.670. The van der Waals surface area contributed by atoms with Gasteiger partial charge in [0.1, 0.15) is 0 Å². The Labute approximate surface area is 138 Å². The molecule has 1 fully saturated rings. The Morgan fingerprint density at radius 2 is 2.10 bits per heavy atom. The van der Waals surface area contributed by atoms with Crippen LogP contribution in [-0.4, -0.2) is 36.9 Å². The van der Waals surface area contributed by atoms with Crippen LogP contribution in [0.4, 0.5) is 0 Å². The summed E-state index contributed by atoms with van der Waals surface area (Å²) in [7, 11) is -3.63. The smallest absolute Gasteiger partial charge is 0.336 e. The molecule has 1 aliphatic rings. The molecule has 0 aliphatic heterocycles. The molecule has 21 heavy (non-hydrogen) atoms. The second kappa shape index (κ2) is 6.62. The van der Waals surface area contributed by atoms with Crippen molar-refractivity contribution in [2.75, 3.05) is 13.1 Å². The predicted molar refractivity (Wildman–Crippen MR) is 87.9 cm³/mol. The van der Waals surface area contributed by atoms with Gasteiger partial charge in [-0.25, -0.2) is 13.2 Å². The number of halogens is 1. The number of carbonyl (C=O) groups is 1. The fourth-order valence-electron chi connectivity index (χ4n) is 2.34. The summed E-state index contributed by atoms with van der Waals surface area (Å²) in [5.74, 6) is -0.680. The van der Waals surface area contributed by atoms with Crippen LogP contribution in [0.3, 0.4) is 0 Å². The van der Waals surface area contributed by atoms with E-state index in [1.807, 2.05) is 22.6 Å². The lowest BCUT2D eigenvalue weighted by atomic mass is 9.85. The third-order valence-corrected chi connectivity index (χ3v) is 6.72. The maximum atomic E-state index is 12.7. The minimum Gasteiger partial charge on any atom is -0.478 e. The number of hydrogen-bond acceptors (Lipinski definition) is 3. The van der Waals surface area contributed by atoms with E-state index in [2.05, 4.69) is 0 Å². The van der Waals surface area contributed by atoms with Gasteiger partial charge in [0.15, 0.2) is 0 Å². The lowest BCUT2D eigenvalue weighted by Gasteiger charge is -2.31. The number of sulfonamides is 1. The van der Waals surface area contributed by atoms with Gasteiger partial charge in [0.25, 0.3) is 0 Å². The van der Waals surface area contributed by atoms with Crippen LogP contribution in [0.5, 0.6) is 0 Å². The van der Waals surface area contributed by atoms with Gasteiger partial charge in [-0.2, -0.15) is 4.31 Å². The summed E-state index contributed by atoms with van der Waals surface area (Å²) < 4.78 is 27.3. The Morgan fingerprint density at radius 3 is 2.57 bits per heavy atom.